The number of terminal acetylenes is 1. The number of rotatable bonds is 10. The topological polar surface area (TPSA) is 47.6 Å². The van der Waals surface area contributed by atoms with E-state index in [9.17, 15) is 4.79 Å². The van der Waals surface area contributed by atoms with Crippen molar-refractivity contribution in [2.75, 3.05) is 32.9 Å². The van der Waals surface area contributed by atoms with Crippen molar-refractivity contribution in [2.45, 2.75) is 26.2 Å². The van der Waals surface area contributed by atoms with Gasteiger partial charge in [-0.15, -0.1) is 12.3 Å². The SMILES string of the molecule is C#CCCCCNCCOCC(=O)OCC. The van der Waals surface area contributed by atoms with Gasteiger partial charge in [0.25, 0.3) is 0 Å². The summed E-state index contributed by atoms with van der Waals surface area (Å²) in [6, 6.07) is 0. The minimum atomic E-state index is -0.309. The van der Waals surface area contributed by atoms with Crippen molar-refractivity contribution in [1.29, 1.82) is 0 Å². The number of hydrogen-bond acceptors (Lipinski definition) is 4. The second-order valence-electron chi connectivity index (χ2n) is 3.27. The van der Waals surface area contributed by atoms with Gasteiger partial charge in [-0.2, -0.15) is 0 Å². The highest BCUT2D eigenvalue weighted by Crippen LogP contribution is 1.90. The van der Waals surface area contributed by atoms with Crippen LogP contribution in [0.4, 0.5) is 0 Å². The summed E-state index contributed by atoms with van der Waals surface area (Å²) in [6.07, 6.45) is 8.08. The lowest BCUT2D eigenvalue weighted by molar-refractivity contribution is -0.148. The maximum absolute atomic E-state index is 10.9. The standard InChI is InChI=1S/C12H21NO3/c1-3-5-6-7-8-13-9-10-15-11-12(14)16-4-2/h1,13H,4-11H2,2H3. The Morgan fingerprint density at radius 1 is 1.38 bits per heavy atom. The molecule has 0 bridgehead atoms. The molecule has 0 aliphatic heterocycles. The van der Waals surface area contributed by atoms with Gasteiger partial charge in [0.15, 0.2) is 0 Å². The van der Waals surface area contributed by atoms with Crippen molar-refractivity contribution >= 4 is 5.97 Å². The van der Waals surface area contributed by atoms with E-state index in [-0.39, 0.29) is 12.6 Å². The van der Waals surface area contributed by atoms with Crippen molar-refractivity contribution in [1.82, 2.24) is 5.32 Å². The first-order valence-corrected chi connectivity index (χ1v) is 5.68. The fraction of sp³-hybridized carbons (Fsp3) is 0.750. The highest BCUT2D eigenvalue weighted by atomic mass is 16.6. The molecule has 0 saturated carbocycles. The summed E-state index contributed by atoms with van der Waals surface area (Å²) in [5.41, 5.74) is 0. The zero-order valence-corrected chi connectivity index (χ0v) is 9.96. The maximum atomic E-state index is 10.9. The van der Waals surface area contributed by atoms with E-state index in [4.69, 9.17) is 15.9 Å². The lowest BCUT2D eigenvalue weighted by atomic mass is 10.2. The molecule has 0 heterocycles. The Balaban J connectivity index is 3.04. The fourth-order valence-electron chi connectivity index (χ4n) is 1.10. The van der Waals surface area contributed by atoms with Crippen molar-refractivity contribution in [3.8, 4) is 12.3 Å². The molecule has 0 radical (unpaired) electrons. The Bertz CT molecular complexity index is 211. The van der Waals surface area contributed by atoms with Crippen molar-refractivity contribution in [3.63, 3.8) is 0 Å². The van der Waals surface area contributed by atoms with E-state index in [1.54, 1.807) is 6.92 Å². The van der Waals surface area contributed by atoms with Gasteiger partial charge in [-0.1, -0.05) is 0 Å². The van der Waals surface area contributed by atoms with Crippen LogP contribution in [-0.4, -0.2) is 38.9 Å². The number of carbonyl (C=O) groups is 1. The quantitative estimate of drug-likeness (QED) is 0.343. The molecule has 0 aliphatic rings. The molecule has 0 spiro atoms. The molecule has 92 valence electrons. The van der Waals surface area contributed by atoms with Crippen LogP contribution in [0.2, 0.25) is 0 Å². The monoisotopic (exact) mass is 227 g/mol. The van der Waals surface area contributed by atoms with Crippen LogP contribution in [-0.2, 0) is 14.3 Å². The van der Waals surface area contributed by atoms with E-state index in [1.807, 2.05) is 0 Å². The van der Waals surface area contributed by atoms with Gasteiger partial charge in [0.1, 0.15) is 6.61 Å². The zero-order chi connectivity index (χ0) is 12.1. The van der Waals surface area contributed by atoms with Gasteiger partial charge >= 0.3 is 5.97 Å². The van der Waals surface area contributed by atoms with Crippen molar-refractivity contribution < 1.29 is 14.3 Å². The molecular formula is C12H21NO3. The lowest BCUT2D eigenvalue weighted by Crippen LogP contribution is -2.22. The molecule has 0 aromatic heterocycles. The Labute approximate surface area is 97.7 Å². The summed E-state index contributed by atoms with van der Waals surface area (Å²) < 4.78 is 9.82. The van der Waals surface area contributed by atoms with Crippen LogP contribution in [0, 0.1) is 12.3 Å². The molecule has 0 fully saturated rings. The minimum Gasteiger partial charge on any atom is -0.464 e. The summed E-state index contributed by atoms with van der Waals surface area (Å²) in [5.74, 6) is 2.29. The smallest absolute Gasteiger partial charge is 0.332 e. The van der Waals surface area contributed by atoms with Crippen LogP contribution in [0.3, 0.4) is 0 Å². The highest BCUT2D eigenvalue weighted by Gasteiger charge is 1.99. The van der Waals surface area contributed by atoms with E-state index < -0.39 is 0 Å². The summed E-state index contributed by atoms with van der Waals surface area (Å²) >= 11 is 0. The molecule has 0 aliphatic carbocycles. The summed E-state index contributed by atoms with van der Waals surface area (Å²) in [4.78, 5) is 10.9. The number of hydrogen-bond donors (Lipinski definition) is 1. The first kappa shape index (κ1) is 14.9. The summed E-state index contributed by atoms with van der Waals surface area (Å²) in [7, 11) is 0. The van der Waals surface area contributed by atoms with Gasteiger partial charge < -0.3 is 14.8 Å². The normalized spacial score (nSPS) is 9.75. The Hall–Kier alpha value is -1.05. The Kier molecular flexibility index (Phi) is 11.2. The number of esters is 1. The Morgan fingerprint density at radius 2 is 2.19 bits per heavy atom. The van der Waals surface area contributed by atoms with Crippen LogP contribution in [0.15, 0.2) is 0 Å². The molecule has 1 N–H and O–H groups in total. The second kappa shape index (κ2) is 12.0. The Morgan fingerprint density at radius 3 is 2.88 bits per heavy atom. The van der Waals surface area contributed by atoms with Gasteiger partial charge in [0.05, 0.1) is 13.2 Å². The predicted molar refractivity (Wildman–Crippen MR) is 63.0 cm³/mol. The molecule has 0 aromatic carbocycles. The largest absolute Gasteiger partial charge is 0.464 e. The highest BCUT2D eigenvalue weighted by molar-refractivity contribution is 5.70. The van der Waals surface area contributed by atoms with E-state index >= 15 is 0 Å². The molecule has 0 saturated heterocycles. The van der Waals surface area contributed by atoms with E-state index in [2.05, 4.69) is 11.2 Å². The van der Waals surface area contributed by atoms with Crippen LogP contribution < -0.4 is 5.32 Å². The molecular weight excluding hydrogens is 206 g/mol. The predicted octanol–water partition coefficient (Wildman–Crippen LogP) is 0.959. The first-order chi connectivity index (χ1) is 7.81. The van der Waals surface area contributed by atoms with E-state index in [0.717, 1.165) is 32.4 Å². The third-order valence-corrected chi connectivity index (χ3v) is 1.87. The molecule has 16 heavy (non-hydrogen) atoms. The fourth-order valence-corrected chi connectivity index (χ4v) is 1.10. The second-order valence-corrected chi connectivity index (χ2v) is 3.27. The summed E-state index contributed by atoms with van der Waals surface area (Å²) in [5, 5.41) is 3.20. The van der Waals surface area contributed by atoms with Crippen LogP contribution in [0.5, 0.6) is 0 Å². The third kappa shape index (κ3) is 11.0. The molecule has 0 atom stereocenters. The van der Waals surface area contributed by atoms with Crippen LogP contribution >= 0.6 is 0 Å². The molecule has 4 nitrogen and oxygen atoms in total. The number of ether oxygens (including phenoxy) is 2. The summed E-state index contributed by atoms with van der Waals surface area (Å²) in [6.45, 7) is 4.41. The number of carbonyl (C=O) groups excluding carboxylic acids is 1. The van der Waals surface area contributed by atoms with Gasteiger partial charge in [-0.05, 0) is 26.3 Å². The maximum Gasteiger partial charge on any atom is 0.332 e. The van der Waals surface area contributed by atoms with Gasteiger partial charge in [-0.3, -0.25) is 0 Å². The average molecular weight is 227 g/mol. The minimum absolute atomic E-state index is 0.0343. The van der Waals surface area contributed by atoms with Gasteiger partial charge in [0, 0.05) is 13.0 Å². The van der Waals surface area contributed by atoms with Crippen LogP contribution in [0.25, 0.3) is 0 Å². The zero-order valence-electron chi connectivity index (χ0n) is 9.96. The number of unbranched alkanes of at least 4 members (excludes halogenated alkanes) is 2. The van der Waals surface area contributed by atoms with Crippen molar-refractivity contribution in [2.24, 2.45) is 0 Å². The molecule has 0 aromatic rings. The van der Waals surface area contributed by atoms with E-state index in [0.29, 0.717) is 13.2 Å². The molecule has 4 heteroatoms. The number of nitrogens with one attached hydrogen (secondary N) is 1. The van der Waals surface area contributed by atoms with Crippen molar-refractivity contribution in [3.05, 3.63) is 0 Å². The molecule has 0 unspecified atom stereocenters. The lowest BCUT2D eigenvalue weighted by Gasteiger charge is -2.05. The first-order valence-electron chi connectivity index (χ1n) is 5.68. The van der Waals surface area contributed by atoms with E-state index in [1.165, 1.54) is 0 Å². The third-order valence-electron chi connectivity index (χ3n) is 1.87. The molecule has 0 rings (SSSR count). The van der Waals surface area contributed by atoms with Gasteiger partial charge in [-0.25, -0.2) is 4.79 Å². The van der Waals surface area contributed by atoms with Gasteiger partial charge in [0.2, 0.25) is 0 Å². The van der Waals surface area contributed by atoms with Crippen LogP contribution in [0.1, 0.15) is 26.2 Å². The molecule has 0 amide bonds. The average Bonchev–Trinajstić information content (AvgIpc) is 2.27.